The van der Waals surface area contributed by atoms with Crippen molar-refractivity contribution in [3.8, 4) is 0 Å². The molecule has 2 aromatic rings. The SMILES string of the molecule is Cc1noc(C)c1CNC(=O)CCC[C@H]1NCC2CC1CN(Cc1ccccc1)C2. The summed E-state index contributed by atoms with van der Waals surface area (Å²) < 4.78 is 5.16. The second kappa shape index (κ2) is 9.75. The molecular weight excluding hydrogens is 376 g/mol. The average Bonchev–Trinajstić information content (AvgIpc) is 3.06. The Morgan fingerprint density at radius 1 is 1.27 bits per heavy atom. The molecule has 6 heteroatoms. The van der Waals surface area contributed by atoms with Gasteiger partial charge in [0.05, 0.1) is 5.69 Å². The summed E-state index contributed by atoms with van der Waals surface area (Å²) in [5.41, 5.74) is 3.24. The Labute approximate surface area is 179 Å². The first kappa shape index (κ1) is 21.1. The third-order valence-corrected chi connectivity index (χ3v) is 6.69. The number of amides is 1. The van der Waals surface area contributed by atoms with Gasteiger partial charge in [-0.2, -0.15) is 0 Å². The van der Waals surface area contributed by atoms with Crippen LogP contribution in [0.5, 0.6) is 0 Å². The van der Waals surface area contributed by atoms with Gasteiger partial charge in [0.15, 0.2) is 0 Å². The number of hydrogen-bond acceptors (Lipinski definition) is 5. The predicted octanol–water partition coefficient (Wildman–Crippen LogP) is 3.19. The van der Waals surface area contributed by atoms with Gasteiger partial charge >= 0.3 is 0 Å². The third kappa shape index (κ3) is 5.29. The fourth-order valence-electron chi connectivity index (χ4n) is 5.09. The molecule has 0 saturated carbocycles. The molecule has 6 nitrogen and oxygen atoms in total. The molecule has 3 atom stereocenters. The van der Waals surface area contributed by atoms with Crippen LogP contribution in [0.15, 0.2) is 34.9 Å². The number of rotatable bonds is 8. The number of carbonyl (C=O) groups excluding carboxylic acids is 1. The second-order valence-electron chi connectivity index (χ2n) is 9.03. The van der Waals surface area contributed by atoms with Crippen molar-refractivity contribution in [1.82, 2.24) is 20.7 Å². The van der Waals surface area contributed by atoms with Gasteiger partial charge in [0.1, 0.15) is 5.76 Å². The average molecular weight is 411 g/mol. The summed E-state index contributed by atoms with van der Waals surface area (Å²) in [7, 11) is 0. The topological polar surface area (TPSA) is 70.4 Å². The van der Waals surface area contributed by atoms with E-state index in [0.29, 0.717) is 24.9 Å². The quantitative estimate of drug-likeness (QED) is 0.699. The van der Waals surface area contributed by atoms with E-state index in [1.54, 1.807) is 0 Å². The molecule has 1 aromatic carbocycles. The lowest BCUT2D eigenvalue weighted by molar-refractivity contribution is -0.121. The number of nitrogens with one attached hydrogen (secondary N) is 2. The fourth-order valence-corrected chi connectivity index (χ4v) is 5.09. The molecule has 4 rings (SSSR count). The van der Waals surface area contributed by atoms with Crippen molar-refractivity contribution in [2.24, 2.45) is 11.8 Å². The van der Waals surface area contributed by atoms with E-state index >= 15 is 0 Å². The largest absolute Gasteiger partial charge is 0.361 e. The number of aryl methyl sites for hydroxylation is 2. The van der Waals surface area contributed by atoms with Crippen molar-refractivity contribution in [3.63, 3.8) is 0 Å². The number of aromatic nitrogens is 1. The molecule has 2 aliphatic rings. The van der Waals surface area contributed by atoms with Gasteiger partial charge in [-0.25, -0.2) is 0 Å². The number of piperidine rings is 2. The van der Waals surface area contributed by atoms with Crippen molar-refractivity contribution >= 4 is 5.91 Å². The number of hydrogen-bond donors (Lipinski definition) is 2. The van der Waals surface area contributed by atoms with Crippen molar-refractivity contribution in [1.29, 1.82) is 0 Å². The summed E-state index contributed by atoms with van der Waals surface area (Å²) in [4.78, 5) is 14.9. The van der Waals surface area contributed by atoms with Gasteiger partial charge in [-0.05, 0) is 57.1 Å². The molecule has 2 fully saturated rings. The molecule has 2 bridgehead atoms. The normalized spacial score (nSPS) is 24.0. The fraction of sp³-hybridized carbons (Fsp3) is 0.583. The zero-order valence-corrected chi connectivity index (χ0v) is 18.2. The van der Waals surface area contributed by atoms with Crippen LogP contribution in [0.4, 0.5) is 0 Å². The second-order valence-corrected chi connectivity index (χ2v) is 9.03. The highest BCUT2D eigenvalue weighted by Crippen LogP contribution is 2.31. The van der Waals surface area contributed by atoms with Crippen molar-refractivity contribution < 1.29 is 9.32 Å². The molecule has 2 saturated heterocycles. The van der Waals surface area contributed by atoms with Gasteiger partial charge in [-0.3, -0.25) is 9.69 Å². The molecule has 0 radical (unpaired) electrons. The van der Waals surface area contributed by atoms with Gasteiger partial charge < -0.3 is 15.2 Å². The molecule has 1 amide bonds. The first-order valence-electron chi connectivity index (χ1n) is 11.3. The molecule has 2 N–H and O–H groups in total. The first-order chi connectivity index (χ1) is 14.6. The summed E-state index contributed by atoms with van der Waals surface area (Å²) in [5, 5.41) is 10.7. The summed E-state index contributed by atoms with van der Waals surface area (Å²) >= 11 is 0. The maximum Gasteiger partial charge on any atom is 0.220 e. The molecule has 1 aromatic heterocycles. The highest BCUT2D eigenvalue weighted by Gasteiger charge is 2.36. The number of carbonyl (C=O) groups is 1. The van der Waals surface area contributed by atoms with Crippen LogP contribution in [0.1, 0.15) is 48.3 Å². The molecule has 2 unspecified atom stereocenters. The van der Waals surface area contributed by atoms with E-state index in [0.717, 1.165) is 55.4 Å². The number of benzene rings is 1. The highest BCUT2D eigenvalue weighted by atomic mass is 16.5. The Kier molecular flexibility index (Phi) is 6.85. The van der Waals surface area contributed by atoms with E-state index in [9.17, 15) is 4.79 Å². The van der Waals surface area contributed by atoms with E-state index < -0.39 is 0 Å². The van der Waals surface area contributed by atoms with E-state index in [1.807, 2.05) is 13.8 Å². The number of fused-ring (bicyclic) bond motifs is 2. The summed E-state index contributed by atoms with van der Waals surface area (Å²) in [6.07, 6.45) is 3.88. The summed E-state index contributed by atoms with van der Waals surface area (Å²) in [6.45, 7) is 8.78. The number of likely N-dealkylation sites (tertiary alicyclic amines) is 1. The van der Waals surface area contributed by atoms with Crippen molar-refractivity contribution in [3.05, 3.63) is 52.9 Å². The Hall–Kier alpha value is -2.18. The van der Waals surface area contributed by atoms with Crippen LogP contribution in [-0.2, 0) is 17.9 Å². The maximum absolute atomic E-state index is 12.3. The zero-order chi connectivity index (χ0) is 20.9. The van der Waals surface area contributed by atoms with E-state index in [1.165, 1.54) is 18.5 Å². The Balaban J connectivity index is 1.21. The monoisotopic (exact) mass is 410 g/mol. The third-order valence-electron chi connectivity index (χ3n) is 6.69. The minimum Gasteiger partial charge on any atom is -0.361 e. The molecule has 162 valence electrons. The molecule has 30 heavy (non-hydrogen) atoms. The standard InChI is InChI=1S/C24H34N4O2/c1-17-22(18(2)30-27-17)13-26-24(29)10-6-9-23-21-11-20(12-25-23)15-28(16-21)14-19-7-4-3-5-8-19/h3-5,7-8,20-21,23,25H,6,9-16H2,1-2H3,(H,26,29)/t20?,21?,23-/m1/s1. The van der Waals surface area contributed by atoms with Crippen LogP contribution < -0.4 is 10.6 Å². The van der Waals surface area contributed by atoms with Gasteiger partial charge in [-0.1, -0.05) is 35.5 Å². The summed E-state index contributed by atoms with van der Waals surface area (Å²) in [5.74, 6) is 2.33. The van der Waals surface area contributed by atoms with Gasteiger partial charge in [0.25, 0.3) is 0 Å². The number of nitrogens with zero attached hydrogens (tertiary/aromatic N) is 2. The van der Waals surface area contributed by atoms with Crippen molar-refractivity contribution in [2.75, 3.05) is 19.6 Å². The molecule has 2 aliphatic heterocycles. The van der Waals surface area contributed by atoms with Crippen LogP contribution in [0.25, 0.3) is 0 Å². The van der Waals surface area contributed by atoms with Gasteiger partial charge in [-0.15, -0.1) is 0 Å². The smallest absolute Gasteiger partial charge is 0.220 e. The van der Waals surface area contributed by atoms with Crippen LogP contribution in [0.3, 0.4) is 0 Å². The van der Waals surface area contributed by atoms with E-state index in [4.69, 9.17) is 4.52 Å². The molecule has 0 aliphatic carbocycles. The Morgan fingerprint density at radius 3 is 2.87 bits per heavy atom. The zero-order valence-electron chi connectivity index (χ0n) is 18.2. The highest BCUT2D eigenvalue weighted by molar-refractivity contribution is 5.75. The van der Waals surface area contributed by atoms with E-state index in [2.05, 4.69) is 51.0 Å². The predicted molar refractivity (Wildman–Crippen MR) is 117 cm³/mol. The first-order valence-corrected chi connectivity index (χ1v) is 11.3. The molecule has 0 spiro atoms. The maximum atomic E-state index is 12.3. The lowest BCUT2D eigenvalue weighted by Gasteiger charge is -2.46. The molecule has 3 heterocycles. The van der Waals surface area contributed by atoms with Gasteiger partial charge in [0, 0.05) is 44.2 Å². The van der Waals surface area contributed by atoms with Crippen LogP contribution in [0.2, 0.25) is 0 Å². The Bertz CT molecular complexity index is 815. The van der Waals surface area contributed by atoms with Gasteiger partial charge in [0.2, 0.25) is 5.91 Å². The Morgan fingerprint density at radius 2 is 2.10 bits per heavy atom. The lowest BCUT2D eigenvalue weighted by atomic mass is 9.79. The lowest BCUT2D eigenvalue weighted by Crippen LogP contribution is -2.55. The van der Waals surface area contributed by atoms with Crippen LogP contribution >= 0.6 is 0 Å². The van der Waals surface area contributed by atoms with Crippen molar-refractivity contribution in [2.45, 2.75) is 58.7 Å². The minimum atomic E-state index is 0.109. The summed E-state index contributed by atoms with van der Waals surface area (Å²) in [6, 6.07) is 11.3. The van der Waals surface area contributed by atoms with E-state index in [-0.39, 0.29) is 5.91 Å². The molecular formula is C24H34N4O2. The van der Waals surface area contributed by atoms with Crippen LogP contribution in [0, 0.1) is 25.7 Å². The minimum absolute atomic E-state index is 0.109. The van der Waals surface area contributed by atoms with Crippen LogP contribution in [-0.4, -0.2) is 41.6 Å².